The molecule has 3 heterocycles. The zero-order chi connectivity index (χ0) is 19.1. The number of carbonyl (C=O) groups is 1. The van der Waals surface area contributed by atoms with E-state index in [1.165, 1.54) is 5.56 Å². The highest BCUT2D eigenvalue weighted by atomic mass is 35.5. The molecule has 1 aliphatic rings. The maximum absolute atomic E-state index is 12.5. The van der Waals surface area contributed by atoms with Crippen molar-refractivity contribution in [3.63, 3.8) is 0 Å². The summed E-state index contributed by atoms with van der Waals surface area (Å²) in [7, 11) is 0. The van der Waals surface area contributed by atoms with E-state index in [4.69, 9.17) is 4.98 Å². The van der Waals surface area contributed by atoms with Crippen molar-refractivity contribution in [2.24, 2.45) is 5.92 Å². The van der Waals surface area contributed by atoms with Crippen molar-refractivity contribution < 1.29 is 4.79 Å². The number of benzene rings is 2. The van der Waals surface area contributed by atoms with Crippen LogP contribution in [0.5, 0.6) is 0 Å². The van der Waals surface area contributed by atoms with E-state index in [0.717, 1.165) is 52.5 Å². The van der Waals surface area contributed by atoms with Crippen molar-refractivity contribution in [3.05, 3.63) is 59.8 Å². The first kappa shape index (κ1) is 19.9. The Kier molecular flexibility index (Phi) is 5.58. The lowest BCUT2D eigenvalue weighted by Crippen LogP contribution is -2.30. The topological polar surface area (TPSA) is 58.4 Å². The fourth-order valence-electron chi connectivity index (χ4n) is 3.73. The van der Waals surface area contributed by atoms with E-state index in [9.17, 15) is 4.79 Å². The van der Waals surface area contributed by atoms with Gasteiger partial charge in [-0.1, -0.05) is 41.2 Å². The second-order valence-electron chi connectivity index (χ2n) is 7.50. The average molecular weight is 427 g/mol. The predicted octanol–water partition coefficient (Wildman–Crippen LogP) is 4.29. The number of fused-ring (bicyclic) bond motifs is 3. The van der Waals surface area contributed by atoms with Crippen molar-refractivity contribution in [1.29, 1.82) is 0 Å². The summed E-state index contributed by atoms with van der Waals surface area (Å²) in [6.45, 7) is 4.86. The fraction of sp³-hybridized carbons (Fsp3) is 0.273. The molecule has 0 spiro atoms. The number of amides is 1. The number of hydrogen-bond donors (Lipinski definition) is 2. The second-order valence-corrected chi connectivity index (χ2v) is 8.51. The molecule has 29 heavy (non-hydrogen) atoms. The first-order valence-electron chi connectivity index (χ1n) is 9.65. The number of thiazole rings is 1. The molecule has 1 saturated heterocycles. The minimum absolute atomic E-state index is 0. The third kappa shape index (κ3) is 3.88. The molecule has 1 aliphatic heterocycles. The van der Waals surface area contributed by atoms with Gasteiger partial charge in [0, 0.05) is 23.9 Å². The van der Waals surface area contributed by atoms with Crippen molar-refractivity contribution in [1.82, 2.24) is 20.0 Å². The SMILES string of the molecule is Cc1ccc(-c2cn3c(n2)sc2cc(C(=O)NC[C@H]4CCNC4)ccc23)cc1.Cl. The molecule has 0 aliphatic carbocycles. The molecular formula is C22H23ClN4OS. The molecule has 1 fully saturated rings. The Bertz CT molecular complexity index is 1160. The maximum atomic E-state index is 12.5. The van der Waals surface area contributed by atoms with E-state index in [1.807, 2.05) is 18.2 Å². The number of rotatable bonds is 4. The molecule has 2 N–H and O–H groups in total. The van der Waals surface area contributed by atoms with Crippen LogP contribution in [0.15, 0.2) is 48.7 Å². The molecule has 150 valence electrons. The molecule has 1 atom stereocenters. The van der Waals surface area contributed by atoms with Crippen molar-refractivity contribution >= 4 is 44.8 Å². The molecule has 7 heteroatoms. The highest BCUT2D eigenvalue weighted by molar-refractivity contribution is 7.23. The van der Waals surface area contributed by atoms with E-state index >= 15 is 0 Å². The van der Waals surface area contributed by atoms with E-state index in [2.05, 4.69) is 52.4 Å². The third-order valence-electron chi connectivity index (χ3n) is 5.42. The van der Waals surface area contributed by atoms with E-state index < -0.39 is 0 Å². The first-order valence-corrected chi connectivity index (χ1v) is 10.5. The Balaban J connectivity index is 0.00000205. The lowest BCUT2D eigenvalue weighted by Gasteiger charge is -2.10. The van der Waals surface area contributed by atoms with Crippen LogP contribution in [0.25, 0.3) is 26.4 Å². The van der Waals surface area contributed by atoms with E-state index in [0.29, 0.717) is 11.5 Å². The summed E-state index contributed by atoms with van der Waals surface area (Å²) in [5, 5.41) is 6.40. The average Bonchev–Trinajstić information content (AvgIpc) is 3.42. The van der Waals surface area contributed by atoms with Gasteiger partial charge in [0.1, 0.15) is 0 Å². The molecule has 2 aromatic heterocycles. The van der Waals surface area contributed by atoms with Crippen LogP contribution in [0, 0.1) is 12.8 Å². The number of aryl methyl sites for hydroxylation is 1. The van der Waals surface area contributed by atoms with E-state index in [-0.39, 0.29) is 18.3 Å². The van der Waals surface area contributed by atoms with Gasteiger partial charge in [-0.15, -0.1) is 12.4 Å². The van der Waals surface area contributed by atoms with Crippen LogP contribution in [-0.2, 0) is 0 Å². The van der Waals surface area contributed by atoms with Crippen LogP contribution >= 0.6 is 23.7 Å². The number of nitrogens with one attached hydrogen (secondary N) is 2. The molecule has 0 radical (unpaired) electrons. The van der Waals surface area contributed by atoms with Crippen LogP contribution < -0.4 is 10.6 Å². The third-order valence-corrected chi connectivity index (χ3v) is 6.43. The molecule has 2 aromatic carbocycles. The van der Waals surface area contributed by atoms with Crippen LogP contribution in [-0.4, -0.2) is 34.9 Å². The van der Waals surface area contributed by atoms with Gasteiger partial charge in [0.2, 0.25) is 0 Å². The van der Waals surface area contributed by atoms with Gasteiger partial charge in [0.25, 0.3) is 5.91 Å². The zero-order valence-corrected chi connectivity index (χ0v) is 17.8. The quantitative estimate of drug-likeness (QED) is 0.512. The number of hydrogen-bond acceptors (Lipinski definition) is 4. The highest BCUT2D eigenvalue weighted by Gasteiger charge is 2.17. The molecule has 5 nitrogen and oxygen atoms in total. The first-order chi connectivity index (χ1) is 13.7. The van der Waals surface area contributed by atoms with Crippen LogP contribution in [0.4, 0.5) is 0 Å². The molecule has 1 amide bonds. The lowest BCUT2D eigenvalue weighted by atomic mass is 10.1. The summed E-state index contributed by atoms with van der Waals surface area (Å²) in [6.07, 6.45) is 3.20. The van der Waals surface area contributed by atoms with Crippen molar-refractivity contribution in [2.45, 2.75) is 13.3 Å². The monoisotopic (exact) mass is 426 g/mol. The predicted molar refractivity (Wildman–Crippen MR) is 121 cm³/mol. The van der Waals surface area contributed by atoms with Gasteiger partial charge in [0.05, 0.1) is 15.9 Å². The molecule has 5 rings (SSSR count). The van der Waals surface area contributed by atoms with Gasteiger partial charge < -0.3 is 10.6 Å². The number of halogens is 1. The van der Waals surface area contributed by atoms with Gasteiger partial charge in [0.15, 0.2) is 4.96 Å². The summed E-state index contributed by atoms with van der Waals surface area (Å²) < 4.78 is 3.19. The van der Waals surface area contributed by atoms with E-state index in [1.54, 1.807) is 11.3 Å². The minimum Gasteiger partial charge on any atom is -0.352 e. The fourth-order valence-corrected chi connectivity index (χ4v) is 4.78. The maximum Gasteiger partial charge on any atom is 0.251 e. The smallest absolute Gasteiger partial charge is 0.251 e. The summed E-state index contributed by atoms with van der Waals surface area (Å²) in [4.78, 5) is 18.2. The zero-order valence-electron chi connectivity index (χ0n) is 16.1. The summed E-state index contributed by atoms with van der Waals surface area (Å²) in [5.41, 5.74) is 5.13. The second kappa shape index (κ2) is 8.14. The van der Waals surface area contributed by atoms with Gasteiger partial charge in [-0.3, -0.25) is 9.20 Å². The van der Waals surface area contributed by atoms with Crippen LogP contribution in [0.1, 0.15) is 22.3 Å². The Hall–Kier alpha value is -2.41. The Labute approximate surface area is 179 Å². The number of imidazole rings is 1. The largest absolute Gasteiger partial charge is 0.352 e. The van der Waals surface area contributed by atoms with Crippen molar-refractivity contribution in [3.8, 4) is 11.3 Å². The highest BCUT2D eigenvalue weighted by Crippen LogP contribution is 2.30. The number of carbonyl (C=O) groups excluding carboxylic acids is 1. The summed E-state index contributed by atoms with van der Waals surface area (Å²) in [6, 6.07) is 14.3. The minimum atomic E-state index is 0. The standard InChI is InChI=1S/C22H22N4OS.ClH/c1-14-2-4-16(5-3-14)18-13-26-19-7-6-17(10-20(19)28-22(26)25-18)21(27)24-12-15-8-9-23-11-15;/h2-7,10,13,15,23H,8-9,11-12H2,1H3,(H,24,27);1H/t15-;/m0./s1. The summed E-state index contributed by atoms with van der Waals surface area (Å²) in [5.74, 6) is 0.540. The lowest BCUT2D eigenvalue weighted by molar-refractivity contribution is 0.0948. The molecular weight excluding hydrogens is 404 g/mol. The normalized spacial score (nSPS) is 16.2. The van der Waals surface area contributed by atoms with Gasteiger partial charge >= 0.3 is 0 Å². The summed E-state index contributed by atoms with van der Waals surface area (Å²) >= 11 is 1.62. The van der Waals surface area contributed by atoms with Crippen LogP contribution in [0.2, 0.25) is 0 Å². The molecule has 4 aromatic rings. The number of aromatic nitrogens is 2. The Morgan fingerprint density at radius 3 is 2.86 bits per heavy atom. The Morgan fingerprint density at radius 1 is 1.28 bits per heavy atom. The Morgan fingerprint density at radius 2 is 2.10 bits per heavy atom. The molecule has 0 saturated carbocycles. The van der Waals surface area contributed by atoms with Crippen molar-refractivity contribution in [2.75, 3.05) is 19.6 Å². The van der Waals surface area contributed by atoms with Gasteiger partial charge in [-0.25, -0.2) is 4.98 Å². The van der Waals surface area contributed by atoms with Crippen LogP contribution in [0.3, 0.4) is 0 Å². The van der Waals surface area contributed by atoms with Gasteiger partial charge in [-0.2, -0.15) is 0 Å². The number of nitrogens with zero attached hydrogens (tertiary/aromatic N) is 2. The molecule has 0 bridgehead atoms. The van der Waals surface area contributed by atoms with Gasteiger partial charge in [-0.05, 0) is 50.6 Å². The molecule has 0 unspecified atom stereocenters.